The molecule has 0 fully saturated rings. The van der Waals surface area contributed by atoms with Crippen molar-refractivity contribution in [3.8, 4) is 11.5 Å². The van der Waals surface area contributed by atoms with E-state index in [1.165, 1.54) is 13.2 Å². The molecule has 3 aromatic rings. The minimum Gasteiger partial charge on any atom is -0.508 e. The zero-order chi connectivity index (χ0) is 13.6. The Morgan fingerprint density at radius 2 is 2.00 bits per heavy atom. The molecule has 0 bridgehead atoms. The minimum absolute atomic E-state index is 0.0778. The molecule has 4 nitrogen and oxygen atoms in total. The van der Waals surface area contributed by atoms with Crippen LogP contribution in [0.15, 0.2) is 39.5 Å². The van der Waals surface area contributed by atoms with Crippen LogP contribution in [0.2, 0.25) is 0 Å². The summed E-state index contributed by atoms with van der Waals surface area (Å²) in [6.45, 7) is 1.75. The number of fused-ring (bicyclic) bond motifs is 2. The van der Waals surface area contributed by atoms with Gasteiger partial charge in [-0.05, 0) is 36.8 Å². The predicted molar refractivity (Wildman–Crippen MR) is 72.9 cm³/mol. The molecule has 19 heavy (non-hydrogen) atoms. The molecular weight excluding hydrogens is 244 g/mol. The average molecular weight is 256 g/mol. The van der Waals surface area contributed by atoms with Gasteiger partial charge in [0.05, 0.1) is 12.5 Å². The van der Waals surface area contributed by atoms with Crippen LogP contribution in [0.5, 0.6) is 11.5 Å². The van der Waals surface area contributed by atoms with Crippen LogP contribution in [0.25, 0.3) is 21.9 Å². The average Bonchev–Trinajstić information content (AvgIpc) is 2.40. The van der Waals surface area contributed by atoms with Crippen LogP contribution >= 0.6 is 0 Å². The summed E-state index contributed by atoms with van der Waals surface area (Å²) in [6.07, 6.45) is 0. The Labute approximate surface area is 108 Å². The van der Waals surface area contributed by atoms with Gasteiger partial charge in [-0.2, -0.15) is 0 Å². The molecule has 0 atom stereocenters. The fourth-order valence-electron chi connectivity index (χ4n) is 2.17. The van der Waals surface area contributed by atoms with E-state index in [0.717, 1.165) is 0 Å². The first kappa shape index (κ1) is 11.6. The molecular formula is C15H12O4. The van der Waals surface area contributed by atoms with Gasteiger partial charge in [0.1, 0.15) is 28.1 Å². The summed E-state index contributed by atoms with van der Waals surface area (Å²) in [5.41, 5.74) is 1.39. The SMILES string of the molecule is COc1cccc2oc3cc(C)c(O)cc3c(=O)c12. The Morgan fingerprint density at radius 3 is 2.74 bits per heavy atom. The topological polar surface area (TPSA) is 59.7 Å². The van der Waals surface area contributed by atoms with E-state index < -0.39 is 0 Å². The Balaban J connectivity index is 2.57. The Hall–Kier alpha value is -2.49. The largest absolute Gasteiger partial charge is 0.508 e. The molecule has 3 rings (SSSR count). The summed E-state index contributed by atoms with van der Waals surface area (Å²) in [5.74, 6) is 0.544. The monoisotopic (exact) mass is 256 g/mol. The highest BCUT2D eigenvalue weighted by Crippen LogP contribution is 2.28. The minimum atomic E-state index is -0.205. The molecule has 4 heteroatoms. The van der Waals surface area contributed by atoms with Crippen molar-refractivity contribution in [2.24, 2.45) is 0 Å². The summed E-state index contributed by atoms with van der Waals surface area (Å²) in [6, 6.07) is 8.29. The van der Waals surface area contributed by atoms with Gasteiger partial charge in [-0.3, -0.25) is 4.79 Å². The third-order valence-electron chi connectivity index (χ3n) is 3.20. The van der Waals surface area contributed by atoms with Gasteiger partial charge in [-0.25, -0.2) is 0 Å². The van der Waals surface area contributed by atoms with Crippen molar-refractivity contribution in [2.45, 2.75) is 6.92 Å². The second kappa shape index (κ2) is 4.02. The van der Waals surface area contributed by atoms with Gasteiger partial charge in [0, 0.05) is 0 Å². The molecule has 0 aliphatic carbocycles. The fourth-order valence-corrected chi connectivity index (χ4v) is 2.17. The van der Waals surface area contributed by atoms with Crippen molar-refractivity contribution in [1.29, 1.82) is 0 Å². The lowest BCUT2D eigenvalue weighted by Gasteiger charge is -2.07. The highest BCUT2D eigenvalue weighted by molar-refractivity contribution is 5.93. The second-order valence-corrected chi connectivity index (χ2v) is 4.40. The van der Waals surface area contributed by atoms with E-state index in [9.17, 15) is 9.90 Å². The van der Waals surface area contributed by atoms with Crippen molar-refractivity contribution in [3.05, 3.63) is 46.1 Å². The molecule has 0 aliphatic heterocycles. The molecule has 0 amide bonds. The summed E-state index contributed by atoms with van der Waals surface area (Å²) in [7, 11) is 1.50. The fraction of sp³-hybridized carbons (Fsp3) is 0.133. The zero-order valence-corrected chi connectivity index (χ0v) is 10.6. The van der Waals surface area contributed by atoms with Gasteiger partial charge < -0.3 is 14.3 Å². The van der Waals surface area contributed by atoms with Crippen LogP contribution in [-0.4, -0.2) is 12.2 Å². The van der Waals surface area contributed by atoms with Crippen LogP contribution in [0.3, 0.4) is 0 Å². The number of hydrogen-bond acceptors (Lipinski definition) is 4. The molecule has 1 N–H and O–H groups in total. The lowest BCUT2D eigenvalue weighted by Crippen LogP contribution is -2.04. The molecule has 2 aromatic carbocycles. The number of phenols is 1. The normalized spacial score (nSPS) is 11.1. The first-order chi connectivity index (χ1) is 9.11. The maximum atomic E-state index is 12.5. The highest BCUT2D eigenvalue weighted by atomic mass is 16.5. The molecule has 1 aromatic heterocycles. The maximum absolute atomic E-state index is 12.5. The summed E-state index contributed by atoms with van der Waals surface area (Å²) >= 11 is 0. The van der Waals surface area contributed by atoms with Gasteiger partial charge >= 0.3 is 0 Å². The van der Waals surface area contributed by atoms with Crippen molar-refractivity contribution in [2.75, 3.05) is 7.11 Å². The molecule has 1 heterocycles. The number of rotatable bonds is 1. The summed E-state index contributed by atoms with van der Waals surface area (Å²) < 4.78 is 10.9. The van der Waals surface area contributed by atoms with Gasteiger partial charge in [-0.1, -0.05) is 6.07 Å². The Bertz CT molecular complexity index is 846. The van der Waals surface area contributed by atoms with E-state index in [2.05, 4.69) is 0 Å². The van der Waals surface area contributed by atoms with Crippen LogP contribution < -0.4 is 10.2 Å². The number of methoxy groups -OCH3 is 1. The lowest BCUT2D eigenvalue weighted by molar-refractivity contribution is 0.419. The molecule has 0 saturated carbocycles. The van der Waals surface area contributed by atoms with E-state index in [0.29, 0.717) is 33.3 Å². The van der Waals surface area contributed by atoms with E-state index in [4.69, 9.17) is 9.15 Å². The number of ether oxygens (including phenoxy) is 1. The highest BCUT2D eigenvalue weighted by Gasteiger charge is 2.13. The summed E-state index contributed by atoms with van der Waals surface area (Å²) in [5, 5.41) is 10.5. The summed E-state index contributed by atoms with van der Waals surface area (Å²) in [4.78, 5) is 12.5. The van der Waals surface area contributed by atoms with E-state index in [-0.39, 0.29) is 11.2 Å². The number of phenolic OH excluding ortho intramolecular Hbond substituents is 1. The third kappa shape index (κ3) is 1.64. The van der Waals surface area contributed by atoms with E-state index in [1.54, 1.807) is 31.2 Å². The number of aryl methyl sites for hydroxylation is 1. The first-order valence-electron chi connectivity index (χ1n) is 5.85. The standard InChI is InChI=1S/C15H12O4/c1-8-6-13-9(7-10(8)16)15(17)14-11(18-2)4-3-5-12(14)19-13/h3-7,16H,1-2H3. The maximum Gasteiger partial charge on any atom is 0.204 e. The molecule has 0 radical (unpaired) electrons. The van der Waals surface area contributed by atoms with Crippen LogP contribution in [0, 0.1) is 6.92 Å². The smallest absolute Gasteiger partial charge is 0.204 e. The van der Waals surface area contributed by atoms with Crippen molar-refractivity contribution in [1.82, 2.24) is 0 Å². The quantitative estimate of drug-likeness (QED) is 0.680. The second-order valence-electron chi connectivity index (χ2n) is 4.40. The predicted octanol–water partition coefficient (Wildman–Crippen LogP) is 2.97. The molecule has 0 saturated heterocycles. The van der Waals surface area contributed by atoms with Gasteiger partial charge in [0.25, 0.3) is 0 Å². The van der Waals surface area contributed by atoms with Gasteiger partial charge in [0.2, 0.25) is 5.43 Å². The van der Waals surface area contributed by atoms with Crippen LogP contribution in [0.1, 0.15) is 5.56 Å². The van der Waals surface area contributed by atoms with Crippen molar-refractivity contribution < 1.29 is 14.3 Å². The van der Waals surface area contributed by atoms with Crippen LogP contribution in [0.4, 0.5) is 0 Å². The van der Waals surface area contributed by atoms with Gasteiger partial charge in [-0.15, -0.1) is 0 Å². The van der Waals surface area contributed by atoms with E-state index in [1.807, 2.05) is 0 Å². The van der Waals surface area contributed by atoms with Crippen molar-refractivity contribution in [3.63, 3.8) is 0 Å². The number of benzene rings is 2. The Kier molecular flexibility index (Phi) is 2.45. The van der Waals surface area contributed by atoms with E-state index >= 15 is 0 Å². The molecule has 96 valence electrons. The first-order valence-corrected chi connectivity index (χ1v) is 5.85. The molecule has 0 aliphatic rings. The Morgan fingerprint density at radius 1 is 1.21 bits per heavy atom. The van der Waals surface area contributed by atoms with Crippen LogP contribution in [-0.2, 0) is 0 Å². The molecule has 0 spiro atoms. The lowest BCUT2D eigenvalue weighted by atomic mass is 10.1. The molecule has 0 unspecified atom stereocenters. The van der Waals surface area contributed by atoms with Gasteiger partial charge in [0.15, 0.2) is 0 Å². The number of aromatic hydroxyl groups is 1. The number of hydrogen-bond donors (Lipinski definition) is 1. The van der Waals surface area contributed by atoms with Crippen molar-refractivity contribution >= 4 is 21.9 Å². The zero-order valence-electron chi connectivity index (χ0n) is 10.6. The third-order valence-corrected chi connectivity index (χ3v) is 3.20.